The quantitative estimate of drug-likeness (QED) is 0.296. The van der Waals surface area contributed by atoms with Crippen LogP contribution in [0.15, 0.2) is 0 Å². The maximum atomic E-state index is 11.1. The van der Waals surface area contributed by atoms with Gasteiger partial charge in [-0.15, -0.1) is 11.6 Å². The molecule has 96 valence electrons. The first kappa shape index (κ1) is 15.5. The van der Waals surface area contributed by atoms with Crippen molar-refractivity contribution < 1.29 is 14.7 Å². The molecule has 0 saturated heterocycles. The molecule has 0 aromatic carbocycles. The molecule has 0 aliphatic heterocycles. The van der Waals surface area contributed by atoms with Gasteiger partial charge in [-0.3, -0.25) is 5.21 Å². The Morgan fingerprint density at radius 2 is 1.88 bits per heavy atom. The monoisotopic (exact) mass is 251 g/mol. The van der Waals surface area contributed by atoms with Crippen LogP contribution in [0.3, 0.4) is 0 Å². The highest BCUT2D eigenvalue weighted by Crippen LogP contribution is 2.05. The van der Waals surface area contributed by atoms with Gasteiger partial charge in [0.05, 0.1) is 12.4 Å². The van der Waals surface area contributed by atoms with Crippen LogP contribution in [0.4, 0.5) is 4.79 Å². The molecule has 0 atom stereocenters. The molecule has 0 saturated carbocycles. The molecule has 0 aromatic heterocycles. The van der Waals surface area contributed by atoms with Gasteiger partial charge in [-0.25, -0.2) is 4.79 Å². The lowest BCUT2D eigenvalue weighted by Crippen LogP contribution is -2.29. The number of carbonyl (C=O) groups is 1. The molecule has 0 spiro atoms. The molecule has 1 amide bonds. The third kappa shape index (κ3) is 8.80. The highest BCUT2D eigenvalue weighted by Gasteiger charge is 2.10. The molecule has 0 aromatic rings. The molecule has 0 bridgehead atoms. The summed E-state index contributed by atoms with van der Waals surface area (Å²) in [5.74, 6) is 0.247. The van der Waals surface area contributed by atoms with Crippen LogP contribution in [0.5, 0.6) is 0 Å². The highest BCUT2D eigenvalue weighted by atomic mass is 35.5. The minimum atomic E-state index is -0.714. The fourth-order valence-corrected chi connectivity index (χ4v) is 1.41. The Balaban J connectivity index is 3.35. The van der Waals surface area contributed by atoms with Gasteiger partial charge in [-0.2, -0.15) is 5.06 Å². The summed E-state index contributed by atoms with van der Waals surface area (Å²) in [5, 5.41) is 9.88. The normalized spacial score (nSPS) is 10.2. The van der Waals surface area contributed by atoms with E-state index >= 15 is 0 Å². The standard InChI is InChI=1S/C11H22ClNO3/c1-2-3-4-5-6-7-9-13(15)11(14)16-10-8-12/h15H,2-10H2,1H3. The molecule has 0 aliphatic carbocycles. The minimum Gasteiger partial charge on any atom is -0.447 e. The van der Waals surface area contributed by atoms with E-state index in [1.54, 1.807) is 0 Å². The average molecular weight is 252 g/mol. The molecule has 4 nitrogen and oxygen atoms in total. The van der Waals surface area contributed by atoms with Crippen molar-refractivity contribution in [2.24, 2.45) is 0 Å². The first-order chi connectivity index (χ1) is 7.72. The van der Waals surface area contributed by atoms with Crippen LogP contribution < -0.4 is 0 Å². The van der Waals surface area contributed by atoms with Gasteiger partial charge < -0.3 is 4.74 Å². The first-order valence-corrected chi connectivity index (χ1v) is 6.45. The van der Waals surface area contributed by atoms with Gasteiger partial charge in [-0.05, 0) is 6.42 Å². The van der Waals surface area contributed by atoms with Crippen molar-refractivity contribution >= 4 is 17.7 Å². The number of hydrogen-bond acceptors (Lipinski definition) is 3. The Kier molecular flexibility index (Phi) is 10.7. The second kappa shape index (κ2) is 11.0. The maximum absolute atomic E-state index is 11.1. The zero-order chi connectivity index (χ0) is 12.2. The van der Waals surface area contributed by atoms with E-state index in [2.05, 4.69) is 11.7 Å². The number of ether oxygens (including phenoxy) is 1. The van der Waals surface area contributed by atoms with Crippen molar-refractivity contribution in [1.82, 2.24) is 5.06 Å². The maximum Gasteiger partial charge on any atom is 0.433 e. The molecule has 0 unspecified atom stereocenters. The van der Waals surface area contributed by atoms with Gasteiger partial charge in [0.15, 0.2) is 0 Å². The number of amides is 1. The Hall–Kier alpha value is -0.480. The van der Waals surface area contributed by atoms with Gasteiger partial charge in [0.2, 0.25) is 0 Å². The Labute approximate surface area is 102 Å². The molecule has 16 heavy (non-hydrogen) atoms. The van der Waals surface area contributed by atoms with E-state index in [1.807, 2.05) is 0 Å². The summed E-state index contributed by atoms with van der Waals surface area (Å²) in [6, 6.07) is 0. The number of alkyl halides is 1. The summed E-state index contributed by atoms with van der Waals surface area (Å²) in [5.41, 5.74) is 0. The Morgan fingerprint density at radius 3 is 2.50 bits per heavy atom. The van der Waals surface area contributed by atoms with Crippen molar-refractivity contribution in [3.05, 3.63) is 0 Å². The van der Waals surface area contributed by atoms with Crippen LogP contribution in [-0.4, -0.2) is 35.4 Å². The zero-order valence-electron chi connectivity index (χ0n) is 9.95. The largest absolute Gasteiger partial charge is 0.447 e. The SMILES string of the molecule is CCCCCCCCN(O)C(=O)OCCCl. The lowest BCUT2D eigenvalue weighted by molar-refractivity contribution is -0.0737. The van der Waals surface area contributed by atoms with E-state index in [-0.39, 0.29) is 12.5 Å². The van der Waals surface area contributed by atoms with Crippen LogP contribution in [-0.2, 0) is 4.74 Å². The molecular formula is C11H22ClNO3. The highest BCUT2D eigenvalue weighted by molar-refractivity contribution is 6.18. The molecule has 0 heterocycles. The number of hydrogen-bond donors (Lipinski definition) is 1. The van der Waals surface area contributed by atoms with Crippen LogP contribution in [0.1, 0.15) is 45.4 Å². The number of rotatable bonds is 9. The lowest BCUT2D eigenvalue weighted by atomic mass is 10.1. The number of halogens is 1. The van der Waals surface area contributed by atoms with E-state index in [4.69, 9.17) is 11.6 Å². The fourth-order valence-electron chi connectivity index (χ4n) is 1.33. The Morgan fingerprint density at radius 1 is 1.25 bits per heavy atom. The van der Waals surface area contributed by atoms with Gasteiger partial charge >= 0.3 is 6.09 Å². The fraction of sp³-hybridized carbons (Fsp3) is 0.909. The van der Waals surface area contributed by atoms with Crippen LogP contribution in [0.25, 0.3) is 0 Å². The van der Waals surface area contributed by atoms with Crippen molar-refractivity contribution in [2.75, 3.05) is 19.0 Å². The van der Waals surface area contributed by atoms with Gasteiger partial charge in [0, 0.05) is 0 Å². The summed E-state index contributed by atoms with van der Waals surface area (Å²) in [6.45, 7) is 2.63. The van der Waals surface area contributed by atoms with Crippen LogP contribution in [0, 0.1) is 0 Å². The summed E-state index contributed by atoms with van der Waals surface area (Å²) >= 11 is 5.35. The van der Waals surface area contributed by atoms with Crippen molar-refractivity contribution in [3.8, 4) is 0 Å². The molecule has 0 fully saturated rings. The van der Waals surface area contributed by atoms with Gasteiger partial charge in [-0.1, -0.05) is 39.0 Å². The summed E-state index contributed by atoms with van der Waals surface area (Å²) in [4.78, 5) is 11.1. The third-order valence-corrected chi connectivity index (χ3v) is 2.39. The minimum absolute atomic E-state index is 0.133. The van der Waals surface area contributed by atoms with E-state index < -0.39 is 6.09 Å². The predicted molar refractivity (Wildman–Crippen MR) is 63.9 cm³/mol. The lowest BCUT2D eigenvalue weighted by Gasteiger charge is -2.14. The Bertz CT molecular complexity index is 179. The molecule has 5 heteroatoms. The summed E-state index contributed by atoms with van der Waals surface area (Å²) < 4.78 is 4.65. The number of nitrogens with zero attached hydrogens (tertiary/aromatic N) is 1. The zero-order valence-corrected chi connectivity index (χ0v) is 10.7. The van der Waals surface area contributed by atoms with Crippen LogP contribution in [0.2, 0.25) is 0 Å². The summed E-state index contributed by atoms with van der Waals surface area (Å²) in [6.07, 6.45) is 5.96. The van der Waals surface area contributed by atoms with Gasteiger partial charge in [0.25, 0.3) is 0 Å². The second-order valence-electron chi connectivity index (χ2n) is 3.69. The molecule has 0 aliphatic rings. The van der Waals surface area contributed by atoms with Crippen molar-refractivity contribution in [1.29, 1.82) is 0 Å². The van der Waals surface area contributed by atoms with Gasteiger partial charge in [0.1, 0.15) is 6.61 Å². The molecule has 1 N–H and O–H groups in total. The molecule has 0 rings (SSSR count). The average Bonchev–Trinajstić information content (AvgIpc) is 2.30. The number of unbranched alkanes of at least 4 members (excludes halogenated alkanes) is 5. The van der Waals surface area contributed by atoms with E-state index in [0.29, 0.717) is 11.6 Å². The van der Waals surface area contributed by atoms with E-state index in [0.717, 1.165) is 19.3 Å². The van der Waals surface area contributed by atoms with Crippen LogP contribution >= 0.6 is 11.6 Å². The molecular weight excluding hydrogens is 230 g/mol. The molecule has 0 radical (unpaired) electrons. The third-order valence-electron chi connectivity index (χ3n) is 2.24. The summed E-state index contributed by atoms with van der Waals surface area (Å²) in [7, 11) is 0. The first-order valence-electron chi connectivity index (χ1n) is 5.91. The van der Waals surface area contributed by atoms with Crippen molar-refractivity contribution in [2.45, 2.75) is 45.4 Å². The van der Waals surface area contributed by atoms with Crippen molar-refractivity contribution in [3.63, 3.8) is 0 Å². The topological polar surface area (TPSA) is 49.8 Å². The second-order valence-corrected chi connectivity index (χ2v) is 4.07. The number of carbonyl (C=O) groups excluding carboxylic acids is 1. The smallest absolute Gasteiger partial charge is 0.433 e. The predicted octanol–water partition coefficient (Wildman–Crippen LogP) is 3.41. The van der Waals surface area contributed by atoms with E-state index in [9.17, 15) is 10.0 Å². The van der Waals surface area contributed by atoms with E-state index in [1.165, 1.54) is 19.3 Å². The number of hydroxylamine groups is 2.